The zero-order valence-electron chi connectivity index (χ0n) is 61.8. The van der Waals surface area contributed by atoms with Gasteiger partial charge in [0.1, 0.15) is 19.3 Å². The Morgan fingerprint density at radius 3 is 0.716 bits per heavy atom. The van der Waals surface area contributed by atoms with E-state index in [9.17, 15) is 43.2 Å². The quantitative estimate of drug-likeness (QED) is 0.0222. The zero-order valence-corrected chi connectivity index (χ0v) is 63.6. The highest BCUT2D eigenvalue weighted by atomic mass is 31.2. The van der Waals surface area contributed by atoms with Gasteiger partial charge in [0, 0.05) is 25.7 Å². The molecule has 0 aliphatic carbocycles. The molecule has 0 radical (unpaired) electrons. The Morgan fingerprint density at radius 1 is 0.284 bits per heavy atom. The molecule has 0 heterocycles. The summed E-state index contributed by atoms with van der Waals surface area (Å²) < 4.78 is 68.4. The summed E-state index contributed by atoms with van der Waals surface area (Å²) in [6.07, 6.45) is 58.5. The molecule has 0 aliphatic heterocycles. The van der Waals surface area contributed by atoms with E-state index in [4.69, 9.17) is 37.0 Å². The highest BCUT2D eigenvalue weighted by molar-refractivity contribution is 7.47. The van der Waals surface area contributed by atoms with E-state index < -0.39 is 97.5 Å². The summed E-state index contributed by atoms with van der Waals surface area (Å²) in [6, 6.07) is 0. The maximum atomic E-state index is 13.1. The smallest absolute Gasteiger partial charge is 0.462 e. The third-order valence-corrected chi connectivity index (χ3v) is 19.7. The first-order valence-electron chi connectivity index (χ1n) is 39.6. The van der Waals surface area contributed by atoms with Crippen molar-refractivity contribution in [2.75, 3.05) is 39.6 Å². The monoisotopic (exact) mass is 1400 g/mol. The molecule has 0 aromatic carbocycles. The molecule has 2 unspecified atom stereocenters. The molecule has 0 saturated heterocycles. The fourth-order valence-electron chi connectivity index (χ4n) is 11.7. The van der Waals surface area contributed by atoms with Crippen molar-refractivity contribution in [3.8, 4) is 0 Å². The molecular formula is C76H148O17P2. The maximum Gasteiger partial charge on any atom is 0.472 e. The molecule has 0 aromatic rings. The number of hydrogen-bond donors (Lipinski definition) is 3. The van der Waals surface area contributed by atoms with Gasteiger partial charge in [0.15, 0.2) is 12.2 Å². The number of unbranched alkanes of at least 4 members (excludes halogenated alkanes) is 48. The average Bonchev–Trinajstić information content (AvgIpc) is 2.63. The van der Waals surface area contributed by atoms with Crippen LogP contribution < -0.4 is 0 Å². The lowest BCUT2D eigenvalue weighted by molar-refractivity contribution is -0.161. The predicted molar refractivity (Wildman–Crippen MR) is 386 cm³/mol. The SMILES string of the molecule is CCCCCCCCCCCCCCCCCCCCCCCCC(=O)O[C@H](COC(=O)CCCCCCCCCCCCCCC)COP(=O)(O)OC[C@@H](O)COP(=O)(O)OC[C@@H](COC(=O)CCCCCCCCCCCC)OC(=O)CCCCCCCCCC(C)C. The van der Waals surface area contributed by atoms with Gasteiger partial charge in [-0.15, -0.1) is 0 Å². The Morgan fingerprint density at radius 2 is 0.484 bits per heavy atom. The van der Waals surface area contributed by atoms with Crippen LogP contribution in [0.3, 0.4) is 0 Å². The Hall–Kier alpha value is -1.94. The highest BCUT2D eigenvalue weighted by Gasteiger charge is 2.30. The first-order valence-corrected chi connectivity index (χ1v) is 42.6. The van der Waals surface area contributed by atoms with Crippen molar-refractivity contribution in [1.29, 1.82) is 0 Å². The zero-order chi connectivity index (χ0) is 69.8. The van der Waals surface area contributed by atoms with Gasteiger partial charge in [-0.05, 0) is 31.6 Å². The summed E-state index contributed by atoms with van der Waals surface area (Å²) in [5.74, 6) is -1.42. The van der Waals surface area contributed by atoms with Crippen LogP contribution in [0.5, 0.6) is 0 Å². The number of esters is 4. The molecule has 95 heavy (non-hydrogen) atoms. The van der Waals surface area contributed by atoms with E-state index in [0.29, 0.717) is 31.6 Å². The molecule has 0 aliphatic rings. The second kappa shape index (κ2) is 69.2. The molecule has 19 heteroatoms. The highest BCUT2D eigenvalue weighted by Crippen LogP contribution is 2.45. The fraction of sp³-hybridized carbons (Fsp3) is 0.947. The Labute approximate surface area is 581 Å². The molecule has 3 N–H and O–H groups in total. The van der Waals surface area contributed by atoms with Gasteiger partial charge in [0.25, 0.3) is 0 Å². The third-order valence-electron chi connectivity index (χ3n) is 17.8. The number of carbonyl (C=O) groups excluding carboxylic acids is 4. The Kier molecular flexibility index (Phi) is 67.7. The number of carbonyl (C=O) groups is 4. The van der Waals surface area contributed by atoms with Gasteiger partial charge >= 0.3 is 39.5 Å². The Bertz CT molecular complexity index is 1820. The molecule has 0 amide bonds. The van der Waals surface area contributed by atoms with Crippen molar-refractivity contribution < 1.29 is 80.2 Å². The summed E-state index contributed by atoms with van der Waals surface area (Å²) >= 11 is 0. The summed E-state index contributed by atoms with van der Waals surface area (Å²) in [6.45, 7) is 7.21. The summed E-state index contributed by atoms with van der Waals surface area (Å²) in [5, 5.41) is 10.6. The molecule has 0 bridgehead atoms. The Balaban J connectivity index is 5.16. The molecule has 0 fully saturated rings. The van der Waals surface area contributed by atoms with Crippen LogP contribution in [0.15, 0.2) is 0 Å². The van der Waals surface area contributed by atoms with Crippen LogP contribution in [0.4, 0.5) is 0 Å². The van der Waals surface area contributed by atoms with Crippen LogP contribution in [-0.2, 0) is 65.4 Å². The summed E-state index contributed by atoms with van der Waals surface area (Å²) in [5.41, 5.74) is 0. The lowest BCUT2D eigenvalue weighted by Crippen LogP contribution is -2.30. The molecule has 0 aromatic heterocycles. The molecule has 0 rings (SSSR count). The molecule has 0 saturated carbocycles. The van der Waals surface area contributed by atoms with Crippen molar-refractivity contribution >= 4 is 39.5 Å². The predicted octanol–water partition coefficient (Wildman–Crippen LogP) is 22.5. The van der Waals surface area contributed by atoms with Crippen molar-refractivity contribution in [3.05, 3.63) is 0 Å². The fourth-order valence-corrected chi connectivity index (χ4v) is 13.3. The van der Waals surface area contributed by atoms with Crippen molar-refractivity contribution in [3.63, 3.8) is 0 Å². The minimum absolute atomic E-state index is 0.104. The van der Waals surface area contributed by atoms with Crippen molar-refractivity contribution in [1.82, 2.24) is 0 Å². The number of phosphoric acid groups is 2. The van der Waals surface area contributed by atoms with Crippen LogP contribution in [0.2, 0.25) is 0 Å². The molecule has 564 valence electrons. The van der Waals surface area contributed by atoms with E-state index in [1.807, 2.05) is 0 Å². The van der Waals surface area contributed by atoms with Gasteiger partial charge in [-0.1, -0.05) is 349 Å². The van der Waals surface area contributed by atoms with Crippen LogP contribution in [-0.4, -0.2) is 96.7 Å². The van der Waals surface area contributed by atoms with E-state index in [0.717, 1.165) is 89.9 Å². The number of rotatable bonds is 76. The molecule has 5 atom stereocenters. The number of aliphatic hydroxyl groups is 1. The van der Waals surface area contributed by atoms with Crippen LogP contribution in [0, 0.1) is 5.92 Å². The third kappa shape index (κ3) is 70.3. The van der Waals surface area contributed by atoms with Crippen LogP contribution in [0.25, 0.3) is 0 Å². The van der Waals surface area contributed by atoms with E-state index >= 15 is 0 Å². The lowest BCUT2D eigenvalue weighted by Gasteiger charge is -2.21. The average molecular weight is 1400 g/mol. The molecule has 0 spiro atoms. The van der Waals surface area contributed by atoms with Crippen LogP contribution >= 0.6 is 15.6 Å². The first-order chi connectivity index (χ1) is 46.0. The minimum Gasteiger partial charge on any atom is -0.462 e. The van der Waals surface area contributed by atoms with Gasteiger partial charge < -0.3 is 33.8 Å². The topological polar surface area (TPSA) is 237 Å². The number of aliphatic hydroxyl groups excluding tert-OH is 1. The van der Waals surface area contributed by atoms with E-state index in [1.165, 1.54) is 225 Å². The van der Waals surface area contributed by atoms with E-state index in [-0.39, 0.29) is 25.7 Å². The van der Waals surface area contributed by atoms with Gasteiger partial charge in [0.2, 0.25) is 0 Å². The van der Waals surface area contributed by atoms with Gasteiger partial charge in [-0.25, -0.2) is 9.13 Å². The standard InChI is InChI=1S/C76H148O17P2/c1-6-9-12-15-18-21-24-26-27-28-29-30-31-32-33-34-36-38-41-46-51-56-61-75(80)92-71(65-87-74(79)60-55-50-45-40-37-35-25-22-19-16-13-10-7-2)67-90-94(82,83)88-63-70(77)64-89-95(84,85)91-68-72(93-76(81)62-57-52-47-42-43-48-53-58-69(4)5)66-86-73(78)59-54-49-44-39-23-20-17-14-11-8-3/h69-72,77H,6-68H2,1-5H3,(H,82,83)(H,84,85)/t70-,71-,72-/m1/s1. The van der Waals surface area contributed by atoms with E-state index in [2.05, 4.69) is 34.6 Å². The summed E-state index contributed by atoms with van der Waals surface area (Å²) in [4.78, 5) is 72.7. The number of hydrogen-bond acceptors (Lipinski definition) is 15. The first kappa shape index (κ1) is 93.1. The van der Waals surface area contributed by atoms with Gasteiger partial charge in [0.05, 0.1) is 26.4 Å². The van der Waals surface area contributed by atoms with E-state index in [1.54, 1.807) is 0 Å². The number of ether oxygens (including phenoxy) is 4. The second-order valence-electron chi connectivity index (χ2n) is 27.9. The largest absolute Gasteiger partial charge is 0.472 e. The number of phosphoric ester groups is 2. The maximum absolute atomic E-state index is 13.1. The lowest BCUT2D eigenvalue weighted by atomic mass is 10.0. The van der Waals surface area contributed by atoms with Gasteiger partial charge in [-0.2, -0.15) is 0 Å². The van der Waals surface area contributed by atoms with Crippen molar-refractivity contribution in [2.24, 2.45) is 5.92 Å². The normalized spacial score (nSPS) is 13.9. The minimum atomic E-state index is -4.96. The van der Waals surface area contributed by atoms with Gasteiger partial charge in [-0.3, -0.25) is 37.3 Å². The molecular weight excluding hydrogens is 1250 g/mol. The van der Waals surface area contributed by atoms with Crippen LogP contribution in [0.1, 0.15) is 401 Å². The van der Waals surface area contributed by atoms with Crippen molar-refractivity contribution in [2.45, 2.75) is 419 Å². The summed E-state index contributed by atoms with van der Waals surface area (Å²) in [7, 11) is -9.91. The molecule has 17 nitrogen and oxygen atoms in total. The second-order valence-corrected chi connectivity index (χ2v) is 30.8.